The Balaban J connectivity index is 2.31. The molecule has 0 heterocycles. The van der Waals surface area contributed by atoms with Crippen LogP contribution in [0.3, 0.4) is 0 Å². The summed E-state index contributed by atoms with van der Waals surface area (Å²) in [5, 5.41) is 0. The first-order valence-corrected chi connectivity index (χ1v) is 6.40. The summed E-state index contributed by atoms with van der Waals surface area (Å²) in [4.78, 5) is 11.8. The zero-order chi connectivity index (χ0) is 11.9. The fraction of sp³-hybridized carbons (Fsp3) is 0.667. The normalized spacial score (nSPS) is 35.0. The molecule has 0 amide bonds. The topological polar surface area (TPSA) is 17.1 Å². The van der Waals surface area contributed by atoms with Gasteiger partial charge in [0.25, 0.3) is 0 Å². The SMILES string of the molecule is C=C1CC[C@@H](C(C)C)[C@H]2C=C(C)C(=O)C[C@H]12. The van der Waals surface area contributed by atoms with E-state index in [1.54, 1.807) is 0 Å². The largest absolute Gasteiger partial charge is 0.295 e. The van der Waals surface area contributed by atoms with Crippen molar-refractivity contribution in [3.63, 3.8) is 0 Å². The fourth-order valence-corrected chi connectivity index (χ4v) is 3.34. The Morgan fingerprint density at radius 1 is 1.44 bits per heavy atom. The second-order valence-electron chi connectivity index (χ2n) is 5.77. The number of hydrogen-bond acceptors (Lipinski definition) is 1. The minimum Gasteiger partial charge on any atom is -0.295 e. The van der Waals surface area contributed by atoms with E-state index < -0.39 is 0 Å². The van der Waals surface area contributed by atoms with Crippen molar-refractivity contribution in [2.75, 3.05) is 0 Å². The van der Waals surface area contributed by atoms with E-state index in [4.69, 9.17) is 0 Å². The Morgan fingerprint density at radius 2 is 2.12 bits per heavy atom. The average Bonchev–Trinajstić information content (AvgIpc) is 2.21. The van der Waals surface area contributed by atoms with Gasteiger partial charge in [-0.2, -0.15) is 0 Å². The lowest BCUT2D eigenvalue weighted by atomic mass is 9.62. The minimum atomic E-state index is 0.326. The van der Waals surface area contributed by atoms with Gasteiger partial charge in [0.2, 0.25) is 0 Å². The van der Waals surface area contributed by atoms with Gasteiger partial charge in [0, 0.05) is 6.42 Å². The quantitative estimate of drug-likeness (QED) is 0.612. The van der Waals surface area contributed by atoms with Crippen molar-refractivity contribution in [1.29, 1.82) is 0 Å². The van der Waals surface area contributed by atoms with Crippen LogP contribution in [0.25, 0.3) is 0 Å². The molecule has 16 heavy (non-hydrogen) atoms. The maximum atomic E-state index is 11.8. The summed E-state index contributed by atoms with van der Waals surface area (Å²) in [6.07, 6.45) is 5.29. The van der Waals surface area contributed by atoms with Gasteiger partial charge in [-0.05, 0) is 49.0 Å². The molecule has 1 heteroatoms. The first-order valence-electron chi connectivity index (χ1n) is 6.40. The van der Waals surface area contributed by atoms with E-state index in [9.17, 15) is 4.79 Å². The van der Waals surface area contributed by atoms with Gasteiger partial charge in [-0.15, -0.1) is 0 Å². The monoisotopic (exact) mass is 218 g/mol. The van der Waals surface area contributed by atoms with Crippen molar-refractivity contribution < 1.29 is 4.79 Å². The lowest BCUT2D eigenvalue weighted by molar-refractivity contribution is -0.117. The lowest BCUT2D eigenvalue weighted by Crippen LogP contribution is -2.35. The molecule has 0 aromatic rings. The molecule has 0 aromatic carbocycles. The summed E-state index contributed by atoms with van der Waals surface area (Å²) in [6, 6.07) is 0. The molecule has 1 fully saturated rings. The zero-order valence-electron chi connectivity index (χ0n) is 10.6. The highest BCUT2D eigenvalue weighted by molar-refractivity contribution is 5.96. The van der Waals surface area contributed by atoms with E-state index in [1.807, 2.05) is 6.92 Å². The fourth-order valence-electron chi connectivity index (χ4n) is 3.34. The standard InChI is InChI=1S/C15H22O/c1-9(2)12-6-5-10(3)13-8-15(16)11(4)7-14(12)13/h7,9,12-14H,3,5-6,8H2,1-2,4H3/t12-,13+,14+/m0/s1. The predicted molar refractivity (Wildman–Crippen MR) is 67.1 cm³/mol. The van der Waals surface area contributed by atoms with E-state index >= 15 is 0 Å². The highest BCUT2D eigenvalue weighted by Crippen LogP contribution is 2.46. The number of ketones is 1. The number of hydrogen-bond donors (Lipinski definition) is 0. The summed E-state index contributed by atoms with van der Waals surface area (Å²) in [7, 11) is 0. The molecule has 0 aromatic heterocycles. The molecule has 0 saturated heterocycles. The zero-order valence-corrected chi connectivity index (χ0v) is 10.6. The molecular formula is C15H22O. The third-order valence-corrected chi connectivity index (χ3v) is 4.43. The maximum absolute atomic E-state index is 11.8. The van der Waals surface area contributed by atoms with Crippen molar-refractivity contribution in [2.45, 2.75) is 40.0 Å². The summed E-state index contributed by atoms with van der Waals surface area (Å²) in [5.41, 5.74) is 2.28. The van der Waals surface area contributed by atoms with Crippen LogP contribution in [0, 0.1) is 23.7 Å². The Labute approximate surface area is 98.6 Å². The lowest BCUT2D eigenvalue weighted by Gasteiger charge is -2.42. The van der Waals surface area contributed by atoms with Crippen LogP contribution in [0.4, 0.5) is 0 Å². The van der Waals surface area contributed by atoms with E-state index in [-0.39, 0.29) is 0 Å². The van der Waals surface area contributed by atoms with Crippen LogP contribution < -0.4 is 0 Å². The first kappa shape index (κ1) is 11.6. The van der Waals surface area contributed by atoms with E-state index in [2.05, 4.69) is 26.5 Å². The molecule has 1 saturated carbocycles. The second kappa shape index (κ2) is 4.20. The minimum absolute atomic E-state index is 0.326. The van der Waals surface area contributed by atoms with E-state index in [0.29, 0.717) is 30.0 Å². The third-order valence-electron chi connectivity index (χ3n) is 4.43. The molecule has 2 aliphatic rings. The first-order chi connectivity index (χ1) is 7.50. The van der Waals surface area contributed by atoms with Gasteiger partial charge in [0.05, 0.1) is 0 Å². The van der Waals surface area contributed by atoms with Crippen LogP contribution in [-0.4, -0.2) is 5.78 Å². The summed E-state index contributed by atoms with van der Waals surface area (Å²) < 4.78 is 0. The molecule has 2 rings (SSSR count). The highest BCUT2D eigenvalue weighted by Gasteiger charge is 2.39. The van der Waals surface area contributed by atoms with Crippen LogP contribution in [0.15, 0.2) is 23.8 Å². The van der Waals surface area contributed by atoms with Gasteiger partial charge in [-0.25, -0.2) is 0 Å². The van der Waals surface area contributed by atoms with Gasteiger partial charge < -0.3 is 0 Å². The summed E-state index contributed by atoms with van der Waals surface area (Å²) in [6.45, 7) is 10.7. The molecule has 0 unspecified atom stereocenters. The van der Waals surface area contributed by atoms with Gasteiger partial charge in [0.1, 0.15) is 0 Å². The molecule has 0 aliphatic heterocycles. The number of fused-ring (bicyclic) bond motifs is 1. The van der Waals surface area contributed by atoms with Crippen molar-refractivity contribution >= 4 is 5.78 Å². The van der Waals surface area contributed by atoms with E-state index in [0.717, 1.165) is 17.9 Å². The van der Waals surface area contributed by atoms with Crippen molar-refractivity contribution in [2.24, 2.45) is 23.7 Å². The molecule has 88 valence electrons. The van der Waals surface area contributed by atoms with Gasteiger partial charge in [-0.3, -0.25) is 4.79 Å². The van der Waals surface area contributed by atoms with Gasteiger partial charge in [-0.1, -0.05) is 32.1 Å². The second-order valence-corrected chi connectivity index (χ2v) is 5.77. The van der Waals surface area contributed by atoms with Crippen LogP contribution in [0.2, 0.25) is 0 Å². The number of carbonyl (C=O) groups excluding carboxylic acids is 1. The molecule has 3 atom stereocenters. The predicted octanol–water partition coefficient (Wildman–Crippen LogP) is 3.76. The van der Waals surface area contributed by atoms with Crippen LogP contribution >= 0.6 is 0 Å². The van der Waals surface area contributed by atoms with Crippen LogP contribution in [0.1, 0.15) is 40.0 Å². The summed E-state index contributed by atoms with van der Waals surface area (Å²) in [5.74, 6) is 2.76. The van der Waals surface area contributed by atoms with Crippen LogP contribution in [0.5, 0.6) is 0 Å². The molecule has 0 bridgehead atoms. The van der Waals surface area contributed by atoms with Crippen LogP contribution in [-0.2, 0) is 4.79 Å². The smallest absolute Gasteiger partial charge is 0.158 e. The molecule has 2 aliphatic carbocycles. The molecule has 0 N–H and O–H groups in total. The third kappa shape index (κ3) is 1.88. The number of carbonyl (C=O) groups is 1. The Kier molecular flexibility index (Phi) is 3.05. The summed E-state index contributed by atoms with van der Waals surface area (Å²) >= 11 is 0. The number of allylic oxidation sites excluding steroid dienone is 3. The Bertz CT molecular complexity index is 348. The van der Waals surface area contributed by atoms with Crippen molar-refractivity contribution in [1.82, 2.24) is 0 Å². The Morgan fingerprint density at radius 3 is 2.75 bits per heavy atom. The number of rotatable bonds is 1. The Hall–Kier alpha value is -0.850. The number of Topliss-reactive ketones (excluding diaryl/α,β-unsaturated/α-hetero) is 1. The average molecular weight is 218 g/mol. The van der Waals surface area contributed by atoms with Gasteiger partial charge >= 0.3 is 0 Å². The highest BCUT2D eigenvalue weighted by atomic mass is 16.1. The van der Waals surface area contributed by atoms with Crippen molar-refractivity contribution in [3.8, 4) is 0 Å². The maximum Gasteiger partial charge on any atom is 0.158 e. The van der Waals surface area contributed by atoms with E-state index in [1.165, 1.54) is 12.0 Å². The molecule has 0 radical (unpaired) electrons. The molecule has 0 spiro atoms. The van der Waals surface area contributed by atoms with Crippen molar-refractivity contribution in [3.05, 3.63) is 23.8 Å². The van der Waals surface area contributed by atoms with Gasteiger partial charge in [0.15, 0.2) is 5.78 Å². The molecule has 1 nitrogen and oxygen atoms in total. The molecular weight excluding hydrogens is 196 g/mol.